The van der Waals surface area contributed by atoms with Crippen LogP contribution in [-0.4, -0.2) is 37.3 Å². The Balaban J connectivity index is 2.28. The number of benzene rings is 1. The Morgan fingerprint density at radius 2 is 1.64 bits per heavy atom. The standard InChI is InChI=1S/C21H33ClN2O3S/c1-20(2,3)15-21(4,5)23-19(25)16-10-11-17(22)18(14-16)28(26,27)24-12-8-6-7-9-13-24/h10-11,14H,6-9,12-13,15H2,1-5H3,(H,23,25). The molecule has 5 nitrogen and oxygen atoms in total. The molecule has 1 aromatic rings. The molecule has 1 amide bonds. The Labute approximate surface area is 174 Å². The predicted octanol–water partition coefficient (Wildman–Crippen LogP) is 4.85. The van der Waals surface area contributed by atoms with Gasteiger partial charge in [-0.15, -0.1) is 0 Å². The van der Waals surface area contributed by atoms with Crippen LogP contribution in [0.25, 0.3) is 0 Å². The van der Waals surface area contributed by atoms with Crippen LogP contribution in [0.4, 0.5) is 0 Å². The Hall–Kier alpha value is -1.11. The average Bonchev–Trinajstić information content (AvgIpc) is 2.81. The fraction of sp³-hybridized carbons (Fsp3) is 0.667. The topological polar surface area (TPSA) is 66.5 Å². The van der Waals surface area contributed by atoms with E-state index in [0.717, 1.165) is 32.1 Å². The number of carbonyl (C=O) groups is 1. The largest absolute Gasteiger partial charge is 0.347 e. The van der Waals surface area contributed by atoms with E-state index in [2.05, 4.69) is 26.1 Å². The summed E-state index contributed by atoms with van der Waals surface area (Å²) in [5, 5.41) is 3.17. The molecule has 7 heteroatoms. The van der Waals surface area contributed by atoms with Gasteiger partial charge in [0.2, 0.25) is 10.0 Å². The summed E-state index contributed by atoms with van der Waals surface area (Å²) in [6.45, 7) is 11.3. The molecule has 1 aliphatic heterocycles. The van der Waals surface area contributed by atoms with Crippen molar-refractivity contribution >= 4 is 27.5 Å². The summed E-state index contributed by atoms with van der Waals surface area (Å²) in [6.07, 6.45) is 4.55. The minimum absolute atomic E-state index is 0.0114. The summed E-state index contributed by atoms with van der Waals surface area (Å²) >= 11 is 6.23. The van der Waals surface area contributed by atoms with Crippen molar-refractivity contribution in [2.45, 2.75) is 77.2 Å². The van der Waals surface area contributed by atoms with Crippen molar-refractivity contribution in [2.24, 2.45) is 5.41 Å². The molecule has 1 aromatic carbocycles. The molecule has 1 saturated heterocycles. The van der Waals surface area contributed by atoms with Crippen LogP contribution in [0.3, 0.4) is 0 Å². The number of nitrogens with one attached hydrogen (secondary N) is 1. The fourth-order valence-corrected chi connectivity index (χ4v) is 6.03. The molecule has 0 bridgehead atoms. The van der Waals surface area contributed by atoms with Gasteiger partial charge in [-0.05, 0) is 56.7 Å². The Morgan fingerprint density at radius 3 is 2.18 bits per heavy atom. The number of hydrogen-bond donors (Lipinski definition) is 1. The third-order valence-electron chi connectivity index (χ3n) is 4.80. The lowest BCUT2D eigenvalue weighted by Crippen LogP contribution is -2.45. The first kappa shape index (κ1) is 23.2. The van der Waals surface area contributed by atoms with Crippen LogP contribution >= 0.6 is 11.6 Å². The summed E-state index contributed by atoms with van der Waals surface area (Å²) in [5.74, 6) is -0.293. The summed E-state index contributed by atoms with van der Waals surface area (Å²) in [7, 11) is -3.72. The highest BCUT2D eigenvalue weighted by Crippen LogP contribution is 2.29. The summed E-state index contributed by atoms with van der Waals surface area (Å²) in [4.78, 5) is 12.8. The van der Waals surface area contributed by atoms with Gasteiger partial charge < -0.3 is 5.32 Å². The van der Waals surface area contributed by atoms with Gasteiger partial charge in [-0.3, -0.25) is 4.79 Å². The number of halogens is 1. The number of carbonyl (C=O) groups excluding carboxylic acids is 1. The molecule has 0 aliphatic carbocycles. The van der Waals surface area contributed by atoms with Gasteiger partial charge in [0.25, 0.3) is 5.91 Å². The molecule has 0 atom stereocenters. The first-order valence-electron chi connectivity index (χ1n) is 9.94. The molecule has 1 heterocycles. The number of hydrogen-bond acceptors (Lipinski definition) is 3. The van der Waals surface area contributed by atoms with E-state index in [0.29, 0.717) is 18.7 Å². The van der Waals surface area contributed by atoms with Crippen LogP contribution in [0.2, 0.25) is 5.02 Å². The molecule has 0 unspecified atom stereocenters. The highest BCUT2D eigenvalue weighted by atomic mass is 35.5. The first-order chi connectivity index (χ1) is 12.8. The lowest BCUT2D eigenvalue weighted by molar-refractivity contribution is 0.0891. The number of amides is 1. The van der Waals surface area contributed by atoms with E-state index >= 15 is 0 Å². The minimum atomic E-state index is -3.72. The Kier molecular flexibility index (Phi) is 7.22. The van der Waals surface area contributed by atoms with Crippen molar-refractivity contribution in [3.8, 4) is 0 Å². The number of rotatable bonds is 5. The summed E-state index contributed by atoms with van der Waals surface area (Å²) in [6, 6.07) is 4.48. The normalized spacial score (nSPS) is 17.2. The third kappa shape index (κ3) is 6.19. The zero-order valence-corrected chi connectivity index (χ0v) is 19.2. The first-order valence-corrected chi connectivity index (χ1v) is 11.8. The molecule has 158 valence electrons. The van der Waals surface area contributed by atoms with Crippen molar-refractivity contribution in [1.82, 2.24) is 9.62 Å². The fourth-order valence-electron chi connectivity index (χ4n) is 4.01. The molecular formula is C21H33ClN2O3S. The summed E-state index contributed by atoms with van der Waals surface area (Å²) in [5.41, 5.74) is -0.0589. The molecule has 1 fully saturated rings. The maximum Gasteiger partial charge on any atom is 0.251 e. The predicted molar refractivity (Wildman–Crippen MR) is 114 cm³/mol. The maximum absolute atomic E-state index is 13.1. The van der Waals surface area contributed by atoms with E-state index < -0.39 is 15.6 Å². The molecular weight excluding hydrogens is 396 g/mol. The van der Waals surface area contributed by atoms with Gasteiger partial charge in [-0.25, -0.2) is 8.42 Å². The van der Waals surface area contributed by atoms with Gasteiger partial charge >= 0.3 is 0 Å². The highest BCUT2D eigenvalue weighted by molar-refractivity contribution is 7.89. The van der Waals surface area contributed by atoms with Crippen molar-refractivity contribution in [2.75, 3.05) is 13.1 Å². The van der Waals surface area contributed by atoms with Crippen molar-refractivity contribution in [3.63, 3.8) is 0 Å². The van der Waals surface area contributed by atoms with Gasteiger partial charge in [-0.1, -0.05) is 45.2 Å². The second-order valence-electron chi connectivity index (χ2n) is 9.54. The molecule has 0 aromatic heterocycles. The zero-order valence-electron chi connectivity index (χ0n) is 17.6. The van der Waals surface area contributed by atoms with E-state index in [1.807, 2.05) is 13.8 Å². The van der Waals surface area contributed by atoms with Gasteiger partial charge in [-0.2, -0.15) is 4.31 Å². The second-order valence-corrected chi connectivity index (χ2v) is 11.9. The molecule has 0 radical (unpaired) electrons. The van der Waals surface area contributed by atoms with E-state index in [1.54, 1.807) is 6.07 Å². The highest BCUT2D eigenvalue weighted by Gasteiger charge is 2.30. The molecule has 2 rings (SSSR count). The van der Waals surface area contributed by atoms with Crippen LogP contribution in [0.5, 0.6) is 0 Å². The minimum Gasteiger partial charge on any atom is -0.347 e. The molecule has 0 saturated carbocycles. The van der Waals surface area contributed by atoms with Crippen molar-refractivity contribution < 1.29 is 13.2 Å². The van der Waals surface area contributed by atoms with E-state index in [4.69, 9.17) is 11.6 Å². The van der Waals surface area contributed by atoms with Crippen molar-refractivity contribution in [3.05, 3.63) is 28.8 Å². The van der Waals surface area contributed by atoms with Gasteiger partial charge in [0.1, 0.15) is 4.90 Å². The van der Waals surface area contributed by atoms with E-state index in [-0.39, 0.29) is 21.2 Å². The molecule has 28 heavy (non-hydrogen) atoms. The molecule has 1 aliphatic rings. The quantitative estimate of drug-likeness (QED) is 0.728. The lowest BCUT2D eigenvalue weighted by Gasteiger charge is -2.33. The lowest BCUT2D eigenvalue weighted by atomic mass is 9.81. The maximum atomic E-state index is 13.1. The third-order valence-corrected chi connectivity index (χ3v) is 7.18. The SMILES string of the molecule is CC(C)(C)CC(C)(C)NC(=O)c1ccc(Cl)c(S(=O)(=O)N2CCCCCC2)c1. The van der Waals surface area contributed by atoms with E-state index in [9.17, 15) is 13.2 Å². The monoisotopic (exact) mass is 428 g/mol. The Morgan fingerprint density at radius 1 is 1.07 bits per heavy atom. The molecule has 0 spiro atoms. The second kappa shape index (κ2) is 8.72. The smallest absolute Gasteiger partial charge is 0.251 e. The van der Waals surface area contributed by atoms with Gasteiger partial charge in [0.15, 0.2) is 0 Å². The average molecular weight is 429 g/mol. The van der Waals surface area contributed by atoms with Crippen LogP contribution in [0, 0.1) is 5.41 Å². The van der Waals surface area contributed by atoms with Crippen LogP contribution in [0.1, 0.15) is 77.1 Å². The van der Waals surface area contributed by atoms with E-state index in [1.165, 1.54) is 16.4 Å². The van der Waals surface area contributed by atoms with Gasteiger partial charge in [0.05, 0.1) is 5.02 Å². The van der Waals surface area contributed by atoms with Crippen LogP contribution < -0.4 is 5.32 Å². The zero-order chi connectivity index (χ0) is 21.2. The van der Waals surface area contributed by atoms with Crippen molar-refractivity contribution in [1.29, 1.82) is 0 Å². The summed E-state index contributed by atoms with van der Waals surface area (Å²) < 4.78 is 27.7. The Bertz CT molecular complexity index is 805. The van der Waals surface area contributed by atoms with Crippen LogP contribution in [0.15, 0.2) is 23.1 Å². The van der Waals surface area contributed by atoms with Crippen LogP contribution in [-0.2, 0) is 10.0 Å². The molecule has 1 N–H and O–H groups in total. The number of nitrogens with zero attached hydrogens (tertiary/aromatic N) is 1. The van der Waals surface area contributed by atoms with Gasteiger partial charge in [0, 0.05) is 24.2 Å². The number of sulfonamides is 1.